The second kappa shape index (κ2) is 6.82. The van der Waals surface area contributed by atoms with Crippen LogP contribution in [0.1, 0.15) is 66.9 Å². The minimum atomic E-state index is 0.331. The van der Waals surface area contributed by atoms with Crippen molar-refractivity contribution in [3.8, 4) is 0 Å². The number of rotatable bonds is 1. The van der Waals surface area contributed by atoms with Gasteiger partial charge < -0.3 is 9.97 Å². The van der Waals surface area contributed by atoms with Gasteiger partial charge in [0.1, 0.15) is 0 Å². The van der Waals surface area contributed by atoms with E-state index >= 15 is 0 Å². The molecule has 0 spiro atoms. The van der Waals surface area contributed by atoms with Crippen molar-refractivity contribution in [2.75, 3.05) is 0 Å². The lowest BCUT2D eigenvalue weighted by Gasteiger charge is -2.57. The first-order valence-electron chi connectivity index (χ1n) is 12.7. The summed E-state index contributed by atoms with van der Waals surface area (Å²) >= 11 is 0. The SMILES string of the molecule is C1=Cc2cc3ccc(cc4cc(C56CC7CC(CC(C7)C5)C6)c(cc5nc(cc1n2)C=C5)[nH]4)[nH]3. The Morgan fingerprint density at radius 3 is 1.79 bits per heavy atom. The van der Waals surface area contributed by atoms with E-state index in [-0.39, 0.29) is 0 Å². The second-order valence-corrected chi connectivity index (χ2v) is 11.3. The first kappa shape index (κ1) is 19.0. The van der Waals surface area contributed by atoms with Crippen molar-refractivity contribution in [2.45, 2.75) is 43.9 Å². The number of hydrogen-bond donors (Lipinski definition) is 2. The lowest BCUT2D eigenvalue weighted by atomic mass is 9.48. The van der Waals surface area contributed by atoms with Crippen molar-refractivity contribution in [3.63, 3.8) is 0 Å². The zero-order chi connectivity index (χ0) is 22.3. The number of H-pyrrole nitrogens is 2. The highest BCUT2D eigenvalue weighted by atomic mass is 14.8. The van der Waals surface area contributed by atoms with Crippen LogP contribution in [0.3, 0.4) is 0 Å². The van der Waals surface area contributed by atoms with Gasteiger partial charge >= 0.3 is 0 Å². The minimum Gasteiger partial charge on any atom is -0.355 e. The van der Waals surface area contributed by atoms with E-state index in [2.05, 4.69) is 76.7 Å². The molecule has 0 saturated heterocycles. The van der Waals surface area contributed by atoms with Crippen molar-refractivity contribution >= 4 is 46.4 Å². The molecule has 3 aromatic heterocycles. The molecular weight excluding hydrogens is 416 g/mol. The zero-order valence-electron chi connectivity index (χ0n) is 19.2. The van der Waals surface area contributed by atoms with E-state index in [1.54, 1.807) is 0 Å². The molecule has 2 aliphatic heterocycles. The molecule has 0 unspecified atom stereocenters. The molecule has 2 N–H and O–H groups in total. The molecule has 4 nitrogen and oxygen atoms in total. The van der Waals surface area contributed by atoms with Crippen molar-refractivity contribution in [3.05, 3.63) is 70.8 Å². The molecule has 0 atom stereocenters. The molecule has 4 saturated carbocycles. The van der Waals surface area contributed by atoms with Gasteiger partial charge in [-0.25, -0.2) is 9.97 Å². The smallest absolute Gasteiger partial charge is 0.0659 e. The van der Waals surface area contributed by atoms with E-state index in [9.17, 15) is 0 Å². The Hall–Kier alpha value is -3.40. The molecule has 0 aromatic carbocycles. The molecule has 5 heterocycles. The quantitative estimate of drug-likeness (QED) is 0.289. The Bertz CT molecular complexity index is 1510. The van der Waals surface area contributed by atoms with Crippen LogP contribution in [0.4, 0.5) is 0 Å². The maximum absolute atomic E-state index is 4.91. The van der Waals surface area contributed by atoms with Gasteiger partial charge in [0.05, 0.1) is 22.8 Å². The Morgan fingerprint density at radius 1 is 0.588 bits per heavy atom. The molecule has 4 aliphatic carbocycles. The standard InChI is InChI=1S/C30H28N4/c1-2-22-11-24-5-6-26(33-24)14-29-28(30-15-18-7-19(16-30)9-20(8-18)17-30)13-27(34-29)12-25-4-3-23(32-25)10-21(1)31-22/h1-6,10-14,18-20,32,34H,7-9,15-17H2. The molecule has 168 valence electrons. The predicted octanol–water partition coefficient (Wildman–Crippen LogP) is 7.12. The lowest BCUT2D eigenvalue weighted by molar-refractivity contribution is -0.00443. The third kappa shape index (κ3) is 3.04. The fourth-order valence-electron chi connectivity index (χ4n) is 7.90. The van der Waals surface area contributed by atoms with Gasteiger partial charge in [-0.3, -0.25) is 0 Å². The summed E-state index contributed by atoms with van der Waals surface area (Å²) in [6.07, 6.45) is 16.8. The average molecular weight is 445 g/mol. The highest BCUT2D eigenvalue weighted by Crippen LogP contribution is 2.61. The first-order valence-corrected chi connectivity index (χ1v) is 12.7. The van der Waals surface area contributed by atoms with Crippen molar-refractivity contribution in [2.24, 2.45) is 17.8 Å². The summed E-state index contributed by atoms with van der Waals surface area (Å²) in [6.45, 7) is 0. The molecule has 0 radical (unpaired) electrons. The Morgan fingerprint density at radius 2 is 1.15 bits per heavy atom. The maximum atomic E-state index is 4.91. The van der Waals surface area contributed by atoms with Crippen molar-refractivity contribution < 1.29 is 0 Å². The fraction of sp³-hybridized carbons (Fsp3) is 0.333. The van der Waals surface area contributed by atoms with Crippen LogP contribution < -0.4 is 0 Å². The van der Waals surface area contributed by atoms with Gasteiger partial charge in [-0.05, 0) is 134 Å². The lowest BCUT2D eigenvalue weighted by Crippen LogP contribution is -2.48. The monoisotopic (exact) mass is 444 g/mol. The summed E-state index contributed by atoms with van der Waals surface area (Å²) < 4.78 is 0. The van der Waals surface area contributed by atoms with Crippen LogP contribution in [0.5, 0.6) is 0 Å². The minimum absolute atomic E-state index is 0.331. The second-order valence-electron chi connectivity index (χ2n) is 11.3. The third-order valence-corrected chi connectivity index (χ3v) is 8.78. The third-order valence-electron chi connectivity index (χ3n) is 8.78. The van der Waals surface area contributed by atoms with Crippen LogP contribution in [0.2, 0.25) is 0 Å². The van der Waals surface area contributed by atoms with Gasteiger partial charge in [0.2, 0.25) is 0 Å². The molecule has 3 aromatic rings. The van der Waals surface area contributed by atoms with Gasteiger partial charge in [-0.2, -0.15) is 0 Å². The molecule has 4 fully saturated rings. The number of aromatic nitrogens is 4. The van der Waals surface area contributed by atoms with E-state index in [0.29, 0.717) is 5.41 Å². The topological polar surface area (TPSA) is 57.4 Å². The van der Waals surface area contributed by atoms with Crippen LogP contribution >= 0.6 is 0 Å². The van der Waals surface area contributed by atoms with Crippen molar-refractivity contribution in [1.29, 1.82) is 0 Å². The largest absolute Gasteiger partial charge is 0.355 e. The number of hydrogen-bond acceptors (Lipinski definition) is 2. The zero-order valence-corrected chi connectivity index (χ0v) is 19.2. The maximum Gasteiger partial charge on any atom is 0.0659 e. The molecule has 9 rings (SSSR count). The number of nitrogens with one attached hydrogen (secondary N) is 2. The summed E-state index contributed by atoms with van der Waals surface area (Å²) in [5.41, 5.74) is 10.3. The molecule has 0 amide bonds. The molecule has 34 heavy (non-hydrogen) atoms. The van der Waals surface area contributed by atoms with Crippen LogP contribution in [0.25, 0.3) is 46.4 Å². The molecule has 6 aliphatic rings. The van der Waals surface area contributed by atoms with Gasteiger partial charge in [-0.15, -0.1) is 0 Å². The first-order chi connectivity index (χ1) is 16.7. The highest BCUT2D eigenvalue weighted by Gasteiger charge is 2.52. The Labute approximate surface area is 198 Å². The van der Waals surface area contributed by atoms with Crippen LogP contribution in [0.15, 0.2) is 42.5 Å². The van der Waals surface area contributed by atoms with Gasteiger partial charge in [0.25, 0.3) is 0 Å². The number of aromatic amines is 2. The van der Waals surface area contributed by atoms with E-state index in [1.165, 1.54) is 55.1 Å². The predicted molar refractivity (Wildman–Crippen MR) is 139 cm³/mol. The molecule has 12 bridgehead atoms. The fourth-order valence-corrected chi connectivity index (χ4v) is 7.90. The van der Waals surface area contributed by atoms with Crippen molar-refractivity contribution in [1.82, 2.24) is 19.9 Å². The van der Waals surface area contributed by atoms with Crippen LogP contribution in [0, 0.1) is 17.8 Å². The summed E-state index contributed by atoms with van der Waals surface area (Å²) in [5, 5.41) is 0. The van der Waals surface area contributed by atoms with E-state index in [1.807, 2.05) is 0 Å². The number of nitrogens with zero attached hydrogens (tertiary/aromatic N) is 2. The van der Waals surface area contributed by atoms with Crippen LogP contribution in [-0.4, -0.2) is 19.9 Å². The molecule has 4 heteroatoms. The highest BCUT2D eigenvalue weighted by molar-refractivity contribution is 5.78. The van der Waals surface area contributed by atoms with Gasteiger partial charge in [0, 0.05) is 22.1 Å². The van der Waals surface area contributed by atoms with E-state index < -0.39 is 0 Å². The molecular formula is C30H28N4. The summed E-state index contributed by atoms with van der Waals surface area (Å²) in [4.78, 5) is 17.0. The normalized spacial score (nSPS) is 28.6. The van der Waals surface area contributed by atoms with E-state index in [0.717, 1.165) is 51.6 Å². The van der Waals surface area contributed by atoms with Gasteiger partial charge in [-0.1, -0.05) is 0 Å². The Balaban J connectivity index is 1.39. The average Bonchev–Trinajstić information content (AvgIpc) is 3.58. The summed E-state index contributed by atoms with van der Waals surface area (Å²) in [5.74, 6) is 2.76. The van der Waals surface area contributed by atoms with Crippen LogP contribution in [-0.2, 0) is 5.41 Å². The van der Waals surface area contributed by atoms with Gasteiger partial charge in [0.15, 0.2) is 0 Å². The number of fused-ring (bicyclic) bond motifs is 8. The Kier molecular flexibility index (Phi) is 3.80. The summed E-state index contributed by atoms with van der Waals surface area (Å²) in [6, 6.07) is 15.4. The summed E-state index contributed by atoms with van der Waals surface area (Å²) in [7, 11) is 0. The van der Waals surface area contributed by atoms with E-state index in [4.69, 9.17) is 9.97 Å².